The molecule has 2 aromatic rings. The zero-order valence-corrected chi connectivity index (χ0v) is 19.1. The third-order valence-electron chi connectivity index (χ3n) is 6.01. The van der Waals surface area contributed by atoms with Crippen molar-refractivity contribution in [3.05, 3.63) is 70.8 Å². The van der Waals surface area contributed by atoms with E-state index in [-0.39, 0.29) is 11.7 Å². The second-order valence-corrected chi connectivity index (χ2v) is 10.4. The second kappa shape index (κ2) is 10.6. The average molecular weight is 458 g/mol. The maximum Gasteiger partial charge on any atom is 0.251 e. The molecule has 1 N–H and O–H groups in total. The minimum atomic E-state index is -3.28. The van der Waals surface area contributed by atoms with E-state index < -0.39 is 10.0 Å². The number of nitrogens with one attached hydrogen (secondary N) is 1. The molecule has 0 atom stereocenters. The molecule has 4 rings (SSSR count). The molecule has 32 heavy (non-hydrogen) atoms. The van der Waals surface area contributed by atoms with E-state index in [0.29, 0.717) is 30.8 Å². The first-order chi connectivity index (χ1) is 15.5. The van der Waals surface area contributed by atoms with E-state index in [1.165, 1.54) is 5.56 Å². The fraction of sp³-hybridized carbons (Fsp3) is 0.458. The van der Waals surface area contributed by atoms with E-state index in [0.717, 1.165) is 51.3 Å². The molecule has 2 aliphatic heterocycles. The van der Waals surface area contributed by atoms with Gasteiger partial charge in [-0.05, 0) is 41.7 Å². The summed E-state index contributed by atoms with van der Waals surface area (Å²) in [5.41, 5.74) is 3.51. The summed E-state index contributed by atoms with van der Waals surface area (Å²) in [7, 11) is -3.28. The first kappa shape index (κ1) is 22.9. The SMILES string of the molecule is O=C(NCc1ccc(CN2CCOCC2)cc1)c1ccc(CS(=O)(=O)N2CCCC2)cc1. The highest BCUT2D eigenvalue weighted by atomic mass is 32.2. The Morgan fingerprint density at radius 1 is 0.844 bits per heavy atom. The molecule has 0 bridgehead atoms. The number of benzene rings is 2. The molecule has 172 valence electrons. The molecule has 0 spiro atoms. The van der Waals surface area contributed by atoms with Crippen LogP contribution in [0.15, 0.2) is 48.5 Å². The molecule has 2 fully saturated rings. The summed E-state index contributed by atoms with van der Waals surface area (Å²) in [5.74, 6) is -0.192. The normalized spacial score (nSPS) is 18.0. The van der Waals surface area contributed by atoms with Crippen molar-refractivity contribution in [1.29, 1.82) is 0 Å². The fourth-order valence-corrected chi connectivity index (χ4v) is 5.70. The van der Waals surface area contributed by atoms with Crippen LogP contribution in [-0.2, 0) is 33.6 Å². The molecule has 8 heteroatoms. The van der Waals surface area contributed by atoms with Gasteiger partial charge in [-0.3, -0.25) is 9.69 Å². The quantitative estimate of drug-likeness (QED) is 0.659. The molecule has 0 aliphatic carbocycles. The summed E-state index contributed by atoms with van der Waals surface area (Å²) < 4.78 is 31.8. The standard InChI is InChI=1S/C24H31N3O4S/c28-24(23-9-7-22(8-10-23)19-32(29,30)27-11-1-2-12-27)25-17-20-3-5-21(6-4-20)18-26-13-15-31-16-14-26/h3-10H,1-2,11-19H2,(H,25,28). The molecule has 1 amide bonds. The van der Waals surface area contributed by atoms with Gasteiger partial charge in [-0.1, -0.05) is 36.4 Å². The third kappa shape index (κ3) is 6.16. The number of nitrogens with zero attached hydrogens (tertiary/aromatic N) is 2. The number of carbonyl (C=O) groups excluding carboxylic acids is 1. The highest BCUT2D eigenvalue weighted by Crippen LogP contribution is 2.17. The van der Waals surface area contributed by atoms with Crippen LogP contribution in [0.3, 0.4) is 0 Å². The first-order valence-electron chi connectivity index (χ1n) is 11.2. The molecule has 2 aromatic carbocycles. The molecule has 2 aliphatic rings. The lowest BCUT2D eigenvalue weighted by molar-refractivity contribution is 0.0342. The van der Waals surface area contributed by atoms with Gasteiger partial charge >= 0.3 is 0 Å². The van der Waals surface area contributed by atoms with E-state index in [2.05, 4.69) is 22.3 Å². The van der Waals surface area contributed by atoms with Crippen LogP contribution < -0.4 is 5.32 Å². The molecular weight excluding hydrogens is 426 g/mol. The van der Waals surface area contributed by atoms with E-state index in [1.807, 2.05) is 12.1 Å². The van der Waals surface area contributed by atoms with Crippen LogP contribution in [0.5, 0.6) is 0 Å². The number of ether oxygens (including phenoxy) is 1. The molecule has 0 aromatic heterocycles. The third-order valence-corrected chi connectivity index (χ3v) is 7.86. The average Bonchev–Trinajstić information content (AvgIpc) is 3.36. The van der Waals surface area contributed by atoms with Gasteiger partial charge < -0.3 is 10.1 Å². The van der Waals surface area contributed by atoms with E-state index in [9.17, 15) is 13.2 Å². The number of carbonyl (C=O) groups is 1. The van der Waals surface area contributed by atoms with Gasteiger partial charge in [0.1, 0.15) is 0 Å². The largest absolute Gasteiger partial charge is 0.379 e. The Balaban J connectivity index is 1.26. The van der Waals surface area contributed by atoms with Gasteiger partial charge in [-0.15, -0.1) is 0 Å². The van der Waals surface area contributed by atoms with Gasteiger partial charge in [0.05, 0.1) is 19.0 Å². The number of hydrogen-bond donors (Lipinski definition) is 1. The molecule has 2 saturated heterocycles. The number of amides is 1. The predicted octanol–water partition coefficient (Wildman–Crippen LogP) is 2.37. The van der Waals surface area contributed by atoms with E-state index in [1.54, 1.807) is 28.6 Å². The van der Waals surface area contributed by atoms with Crippen LogP contribution in [0, 0.1) is 0 Å². The van der Waals surface area contributed by atoms with Crippen LogP contribution in [0.4, 0.5) is 0 Å². The molecule has 0 unspecified atom stereocenters. The second-order valence-electron chi connectivity index (χ2n) is 8.45. The Hall–Kier alpha value is -2.26. The first-order valence-corrected chi connectivity index (χ1v) is 12.8. The Bertz CT molecular complexity index is 995. The smallest absolute Gasteiger partial charge is 0.251 e. The number of rotatable bonds is 8. The van der Waals surface area contributed by atoms with E-state index in [4.69, 9.17) is 4.74 Å². The minimum Gasteiger partial charge on any atom is -0.379 e. The number of sulfonamides is 1. The zero-order valence-electron chi connectivity index (χ0n) is 18.3. The number of morpholine rings is 1. The summed E-state index contributed by atoms with van der Waals surface area (Å²) in [5, 5.41) is 2.94. The van der Waals surface area contributed by atoms with Crippen molar-refractivity contribution < 1.29 is 17.9 Å². The van der Waals surface area contributed by atoms with Gasteiger partial charge in [0, 0.05) is 44.8 Å². The Kier molecular flexibility index (Phi) is 7.57. The summed E-state index contributed by atoms with van der Waals surface area (Å²) in [4.78, 5) is 14.9. The van der Waals surface area contributed by atoms with Crippen LogP contribution in [-0.4, -0.2) is 62.9 Å². The van der Waals surface area contributed by atoms with Gasteiger partial charge in [0.25, 0.3) is 5.91 Å². The van der Waals surface area contributed by atoms with Crippen molar-refractivity contribution in [2.45, 2.75) is 31.7 Å². The fourth-order valence-electron chi connectivity index (χ4n) is 4.08. The Morgan fingerprint density at radius 3 is 2.09 bits per heavy atom. The lowest BCUT2D eigenvalue weighted by atomic mass is 10.1. The van der Waals surface area contributed by atoms with Crippen molar-refractivity contribution in [2.24, 2.45) is 0 Å². The lowest BCUT2D eigenvalue weighted by Gasteiger charge is -2.26. The molecule has 7 nitrogen and oxygen atoms in total. The predicted molar refractivity (Wildman–Crippen MR) is 124 cm³/mol. The number of hydrogen-bond acceptors (Lipinski definition) is 5. The zero-order chi connectivity index (χ0) is 22.4. The van der Waals surface area contributed by atoms with Crippen molar-refractivity contribution >= 4 is 15.9 Å². The topological polar surface area (TPSA) is 79.0 Å². The summed E-state index contributed by atoms with van der Waals surface area (Å²) >= 11 is 0. The van der Waals surface area contributed by atoms with Gasteiger partial charge in [0.2, 0.25) is 10.0 Å². The maximum atomic E-state index is 12.5. The highest BCUT2D eigenvalue weighted by Gasteiger charge is 2.25. The highest BCUT2D eigenvalue weighted by molar-refractivity contribution is 7.88. The molecule has 0 saturated carbocycles. The van der Waals surface area contributed by atoms with Crippen molar-refractivity contribution in [2.75, 3.05) is 39.4 Å². The van der Waals surface area contributed by atoms with Gasteiger partial charge in [-0.2, -0.15) is 0 Å². The molecular formula is C24H31N3O4S. The van der Waals surface area contributed by atoms with Crippen molar-refractivity contribution in [3.63, 3.8) is 0 Å². The van der Waals surface area contributed by atoms with E-state index >= 15 is 0 Å². The molecule has 2 heterocycles. The summed E-state index contributed by atoms with van der Waals surface area (Å²) in [6, 6.07) is 15.1. The summed E-state index contributed by atoms with van der Waals surface area (Å²) in [6.45, 7) is 6.08. The minimum absolute atomic E-state index is 0.0221. The Labute approximate surface area is 190 Å². The monoisotopic (exact) mass is 457 g/mol. The van der Waals surface area contributed by atoms with Gasteiger partial charge in [0.15, 0.2) is 0 Å². The molecule has 0 radical (unpaired) electrons. The van der Waals surface area contributed by atoms with Crippen molar-refractivity contribution in [1.82, 2.24) is 14.5 Å². The van der Waals surface area contributed by atoms with Crippen LogP contribution in [0.2, 0.25) is 0 Å². The lowest BCUT2D eigenvalue weighted by Crippen LogP contribution is -2.35. The van der Waals surface area contributed by atoms with Crippen molar-refractivity contribution in [3.8, 4) is 0 Å². The van der Waals surface area contributed by atoms with Gasteiger partial charge in [-0.25, -0.2) is 12.7 Å². The van der Waals surface area contributed by atoms with Crippen LogP contribution in [0.25, 0.3) is 0 Å². The Morgan fingerprint density at radius 2 is 1.44 bits per heavy atom. The summed E-state index contributed by atoms with van der Waals surface area (Å²) in [6.07, 6.45) is 1.85. The maximum absolute atomic E-state index is 12.5. The van der Waals surface area contributed by atoms with Crippen LogP contribution in [0.1, 0.15) is 39.9 Å². The van der Waals surface area contributed by atoms with Crippen LogP contribution >= 0.6 is 0 Å².